The largest absolute Gasteiger partial charge is 0.475 e. The summed E-state index contributed by atoms with van der Waals surface area (Å²) in [5.41, 5.74) is 0.756. The van der Waals surface area contributed by atoms with Gasteiger partial charge in [-0.1, -0.05) is 0 Å². The monoisotopic (exact) mass is 252 g/mol. The fourth-order valence-corrected chi connectivity index (χ4v) is 1.62. The molecule has 1 aromatic rings. The van der Waals surface area contributed by atoms with Gasteiger partial charge in [0.25, 0.3) is 0 Å². The maximum Gasteiger partial charge on any atom is 0.371 e. The second kappa shape index (κ2) is 5.22. The van der Waals surface area contributed by atoms with Crippen LogP contribution in [0.15, 0.2) is 10.5 Å². The van der Waals surface area contributed by atoms with Crippen LogP contribution >= 0.6 is 0 Å². The van der Waals surface area contributed by atoms with Crippen LogP contribution in [0.3, 0.4) is 0 Å². The lowest BCUT2D eigenvalue weighted by Crippen LogP contribution is -2.34. The van der Waals surface area contributed by atoms with Crippen molar-refractivity contribution in [2.45, 2.75) is 32.4 Å². The number of carbonyl (C=O) groups excluding carboxylic acids is 1. The Kier molecular flexibility index (Phi) is 3.66. The third-order valence-electron chi connectivity index (χ3n) is 2.77. The van der Waals surface area contributed by atoms with Gasteiger partial charge in [0, 0.05) is 18.2 Å². The molecule has 1 heterocycles. The number of aryl methyl sites for hydroxylation is 1. The molecule has 0 bridgehead atoms. The van der Waals surface area contributed by atoms with Crippen molar-refractivity contribution in [2.24, 2.45) is 0 Å². The van der Waals surface area contributed by atoms with Gasteiger partial charge < -0.3 is 20.2 Å². The number of furan rings is 1. The summed E-state index contributed by atoms with van der Waals surface area (Å²) in [7, 11) is 0. The van der Waals surface area contributed by atoms with E-state index in [2.05, 4.69) is 10.6 Å². The minimum Gasteiger partial charge on any atom is -0.475 e. The van der Waals surface area contributed by atoms with Crippen LogP contribution < -0.4 is 10.6 Å². The van der Waals surface area contributed by atoms with Crippen LogP contribution in [-0.4, -0.2) is 29.6 Å². The minimum atomic E-state index is -1.09. The summed E-state index contributed by atoms with van der Waals surface area (Å²) in [6, 6.07) is 1.83. The van der Waals surface area contributed by atoms with E-state index in [-0.39, 0.29) is 18.2 Å². The molecule has 0 aromatic carbocycles. The van der Waals surface area contributed by atoms with Crippen LogP contribution in [0.4, 0.5) is 0 Å². The smallest absolute Gasteiger partial charge is 0.371 e. The molecule has 1 saturated carbocycles. The molecule has 1 aliphatic rings. The zero-order valence-electron chi connectivity index (χ0n) is 10.2. The average molecular weight is 252 g/mol. The van der Waals surface area contributed by atoms with E-state index in [1.54, 1.807) is 6.92 Å². The van der Waals surface area contributed by atoms with E-state index in [4.69, 9.17) is 9.52 Å². The zero-order valence-corrected chi connectivity index (χ0v) is 10.2. The maximum absolute atomic E-state index is 11.4. The second-order valence-electron chi connectivity index (χ2n) is 4.44. The Labute approximate surface area is 104 Å². The molecule has 6 nitrogen and oxygen atoms in total. The number of hydrogen-bond donors (Lipinski definition) is 3. The number of carbonyl (C=O) groups is 2. The van der Waals surface area contributed by atoms with Gasteiger partial charge in [-0.15, -0.1) is 0 Å². The standard InChI is InChI=1S/C12H16N2O4/c1-7-8(4-10(18-7)12(16)17)5-13-6-11(15)14-9-2-3-9/h4,9,13H,2-3,5-6H2,1H3,(H,14,15)(H,16,17). The number of amides is 1. The summed E-state index contributed by atoms with van der Waals surface area (Å²) in [4.78, 5) is 22.1. The van der Waals surface area contributed by atoms with Crippen molar-refractivity contribution in [1.82, 2.24) is 10.6 Å². The molecule has 3 N–H and O–H groups in total. The highest BCUT2D eigenvalue weighted by molar-refractivity contribution is 5.84. The molecule has 1 aliphatic carbocycles. The van der Waals surface area contributed by atoms with E-state index in [1.807, 2.05) is 0 Å². The van der Waals surface area contributed by atoms with Gasteiger partial charge in [-0.3, -0.25) is 4.79 Å². The van der Waals surface area contributed by atoms with Crippen molar-refractivity contribution in [3.63, 3.8) is 0 Å². The first-order chi connectivity index (χ1) is 8.56. The van der Waals surface area contributed by atoms with Gasteiger partial charge in [0.05, 0.1) is 6.54 Å². The lowest BCUT2D eigenvalue weighted by atomic mass is 10.2. The van der Waals surface area contributed by atoms with Crippen LogP contribution in [0.5, 0.6) is 0 Å². The predicted molar refractivity (Wildman–Crippen MR) is 63.3 cm³/mol. The molecule has 2 rings (SSSR count). The second-order valence-corrected chi connectivity index (χ2v) is 4.44. The first-order valence-electron chi connectivity index (χ1n) is 5.89. The van der Waals surface area contributed by atoms with Gasteiger partial charge in [0.1, 0.15) is 5.76 Å². The first-order valence-corrected chi connectivity index (χ1v) is 5.89. The van der Waals surface area contributed by atoms with Crippen molar-refractivity contribution in [2.75, 3.05) is 6.54 Å². The van der Waals surface area contributed by atoms with E-state index >= 15 is 0 Å². The predicted octanol–water partition coefficient (Wildman–Crippen LogP) is 0.654. The van der Waals surface area contributed by atoms with Crippen molar-refractivity contribution >= 4 is 11.9 Å². The summed E-state index contributed by atoms with van der Waals surface area (Å²) in [6.45, 7) is 2.35. The zero-order chi connectivity index (χ0) is 13.1. The summed E-state index contributed by atoms with van der Waals surface area (Å²) in [5, 5.41) is 14.6. The number of hydrogen-bond acceptors (Lipinski definition) is 4. The van der Waals surface area contributed by atoms with Crippen molar-refractivity contribution < 1.29 is 19.1 Å². The molecule has 1 amide bonds. The first kappa shape index (κ1) is 12.6. The Bertz CT molecular complexity index is 463. The van der Waals surface area contributed by atoms with Gasteiger partial charge in [0.2, 0.25) is 11.7 Å². The lowest BCUT2D eigenvalue weighted by molar-refractivity contribution is -0.120. The molecule has 1 aromatic heterocycles. The van der Waals surface area contributed by atoms with Crippen molar-refractivity contribution in [1.29, 1.82) is 0 Å². The van der Waals surface area contributed by atoms with E-state index < -0.39 is 5.97 Å². The fraction of sp³-hybridized carbons (Fsp3) is 0.500. The summed E-state index contributed by atoms with van der Waals surface area (Å²) in [5.74, 6) is -0.637. The van der Waals surface area contributed by atoms with Crippen LogP contribution in [0, 0.1) is 6.92 Å². The van der Waals surface area contributed by atoms with Crippen LogP contribution in [0.2, 0.25) is 0 Å². The van der Waals surface area contributed by atoms with Crippen LogP contribution in [0.1, 0.15) is 34.7 Å². The van der Waals surface area contributed by atoms with Crippen molar-refractivity contribution in [3.8, 4) is 0 Å². The topological polar surface area (TPSA) is 91.6 Å². The number of aromatic carboxylic acids is 1. The Hall–Kier alpha value is -1.82. The molecule has 6 heteroatoms. The van der Waals surface area contributed by atoms with E-state index in [9.17, 15) is 9.59 Å². The van der Waals surface area contributed by atoms with Gasteiger partial charge in [-0.05, 0) is 25.8 Å². The molecule has 18 heavy (non-hydrogen) atoms. The summed E-state index contributed by atoms with van der Waals surface area (Å²) in [6.07, 6.45) is 2.13. The SMILES string of the molecule is Cc1oc(C(=O)O)cc1CNCC(=O)NC1CC1. The lowest BCUT2D eigenvalue weighted by Gasteiger charge is -2.04. The molecule has 0 radical (unpaired) electrons. The molecule has 0 aliphatic heterocycles. The van der Waals surface area contributed by atoms with E-state index in [1.165, 1.54) is 6.07 Å². The van der Waals surface area contributed by atoms with Crippen LogP contribution in [-0.2, 0) is 11.3 Å². The molecule has 1 fully saturated rings. The Morgan fingerprint density at radius 2 is 2.22 bits per heavy atom. The number of carboxylic acids is 1. The van der Waals surface area contributed by atoms with Crippen molar-refractivity contribution in [3.05, 3.63) is 23.2 Å². The van der Waals surface area contributed by atoms with Crippen LogP contribution in [0.25, 0.3) is 0 Å². The average Bonchev–Trinajstić information content (AvgIpc) is 3.02. The molecule has 0 atom stereocenters. The molecule has 0 saturated heterocycles. The molecule has 98 valence electrons. The summed E-state index contributed by atoms with van der Waals surface area (Å²) < 4.78 is 5.07. The fourth-order valence-electron chi connectivity index (χ4n) is 1.62. The van der Waals surface area contributed by atoms with E-state index in [0.717, 1.165) is 18.4 Å². The molecule has 0 unspecified atom stereocenters. The Balaban J connectivity index is 1.78. The third kappa shape index (κ3) is 3.33. The highest BCUT2D eigenvalue weighted by Crippen LogP contribution is 2.18. The van der Waals surface area contributed by atoms with Gasteiger partial charge in [-0.25, -0.2) is 4.79 Å². The summed E-state index contributed by atoms with van der Waals surface area (Å²) >= 11 is 0. The van der Waals surface area contributed by atoms with Gasteiger partial charge in [0.15, 0.2) is 0 Å². The molecule has 0 spiro atoms. The van der Waals surface area contributed by atoms with Gasteiger partial charge in [-0.2, -0.15) is 0 Å². The Morgan fingerprint density at radius 3 is 2.78 bits per heavy atom. The maximum atomic E-state index is 11.4. The van der Waals surface area contributed by atoms with E-state index in [0.29, 0.717) is 18.3 Å². The van der Waals surface area contributed by atoms with Gasteiger partial charge >= 0.3 is 5.97 Å². The number of carboxylic acid groups (broad SMARTS) is 1. The Morgan fingerprint density at radius 1 is 1.50 bits per heavy atom. The number of rotatable bonds is 6. The normalized spacial score (nSPS) is 14.5. The molecular formula is C12H16N2O4. The minimum absolute atomic E-state index is 0.0305. The third-order valence-corrected chi connectivity index (χ3v) is 2.77. The quantitative estimate of drug-likeness (QED) is 0.691. The number of nitrogens with one attached hydrogen (secondary N) is 2. The highest BCUT2D eigenvalue weighted by atomic mass is 16.4. The highest BCUT2D eigenvalue weighted by Gasteiger charge is 2.22. The molecular weight excluding hydrogens is 236 g/mol.